The molecule has 1 saturated heterocycles. The average Bonchev–Trinajstić information content (AvgIpc) is 2.52. The molecule has 5 nitrogen and oxygen atoms in total. The highest BCUT2D eigenvalue weighted by atomic mass is 35.5. The second kappa shape index (κ2) is 9.10. The third-order valence-electron chi connectivity index (χ3n) is 3.31. The molecular weight excluding hydrogens is 349 g/mol. The van der Waals surface area contributed by atoms with Gasteiger partial charge in [-0.1, -0.05) is 12.1 Å². The van der Waals surface area contributed by atoms with E-state index in [1.165, 1.54) is 6.07 Å². The summed E-state index contributed by atoms with van der Waals surface area (Å²) in [5, 5.41) is 5.69. The highest BCUT2D eigenvalue weighted by molar-refractivity contribution is 5.85. The molecule has 2 rings (SSSR count). The molecule has 24 heavy (non-hydrogen) atoms. The molecule has 1 aliphatic rings. The molecule has 2 N–H and O–H groups in total. The van der Waals surface area contributed by atoms with Gasteiger partial charge in [-0.3, -0.25) is 4.79 Å². The van der Waals surface area contributed by atoms with E-state index in [2.05, 4.69) is 10.6 Å². The van der Waals surface area contributed by atoms with Crippen molar-refractivity contribution < 1.29 is 27.4 Å². The molecule has 9 heteroatoms. The van der Waals surface area contributed by atoms with Gasteiger partial charge in [0.15, 0.2) is 6.61 Å². The molecule has 0 bridgehead atoms. The van der Waals surface area contributed by atoms with Crippen molar-refractivity contribution in [3.63, 3.8) is 0 Å². The maximum atomic E-state index is 12.3. The predicted molar refractivity (Wildman–Crippen MR) is 84.4 cm³/mol. The standard InChI is InChI=1S/C15H19F3N2O3.ClH/c1-10-2-3-11(13(6-10)23-9-15(16,17)18)7-20-14(21)12-8-22-5-4-19-12;/h2-3,6,12,19H,4-5,7-9H2,1H3,(H,20,21);1H. The van der Waals surface area contributed by atoms with Crippen LogP contribution in [-0.4, -0.2) is 44.5 Å². The van der Waals surface area contributed by atoms with Crippen LogP contribution in [-0.2, 0) is 16.1 Å². The van der Waals surface area contributed by atoms with Gasteiger partial charge in [0, 0.05) is 18.7 Å². The number of halogens is 4. The second-order valence-electron chi connectivity index (χ2n) is 5.31. The van der Waals surface area contributed by atoms with Crippen molar-refractivity contribution in [1.82, 2.24) is 10.6 Å². The SMILES string of the molecule is Cc1ccc(CNC(=O)C2COCCN2)c(OCC(F)(F)F)c1.Cl. The maximum Gasteiger partial charge on any atom is 0.422 e. The largest absolute Gasteiger partial charge is 0.484 e. The Balaban J connectivity index is 0.00000288. The van der Waals surface area contributed by atoms with Crippen molar-refractivity contribution in [2.75, 3.05) is 26.4 Å². The van der Waals surface area contributed by atoms with Gasteiger partial charge in [0.2, 0.25) is 5.91 Å². The van der Waals surface area contributed by atoms with E-state index in [9.17, 15) is 18.0 Å². The molecule has 0 saturated carbocycles. The molecule has 1 fully saturated rings. The zero-order chi connectivity index (χ0) is 16.9. The maximum absolute atomic E-state index is 12.3. The fraction of sp³-hybridized carbons (Fsp3) is 0.533. The van der Waals surface area contributed by atoms with Crippen LogP contribution in [0.5, 0.6) is 5.75 Å². The quantitative estimate of drug-likeness (QED) is 0.834. The molecule has 1 unspecified atom stereocenters. The van der Waals surface area contributed by atoms with Crippen molar-refractivity contribution >= 4 is 18.3 Å². The average molecular weight is 369 g/mol. The first-order chi connectivity index (χ1) is 10.8. The van der Waals surface area contributed by atoms with Crippen LogP contribution in [0.4, 0.5) is 13.2 Å². The topological polar surface area (TPSA) is 59.6 Å². The lowest BCUT2D eigenvalue weighted by Crippen LogP contribution is -2.51. The molecular formula is C15H20ClF3N2O3. The Labute approximate surface area is 144 Å². The van der Waals surface area contributed by atoms with E-state index in [0.717, 1.165) is 5.56 Å². The predicted octanol–water partition coefficient (Wildman–Crippen LogP) is 1.96. The summed E-state index contributed by atoms with van der Waals surface area (Å²) in [5.74, 6) is -0.137. The van der Waals surface area contributed by atoms with Gasteiger partial charge in [-0.2, -0.15) is 13.2 Å². The van der Waals surface area contributed by atoms with E-state index < -0.39 is 18.8 Å². The van der Waals surface area contributed by atoms with E-state index in [1.54, 1.807) is 19.1 Å². The lowest BCUT2D eigenvalue weighted by molar-refractivity contribution is -0.153. The number of aryl methyl sites for hydroxylation is 1. The molecule has 136 valence electrons. The number of ether oxygens (including phenoxy) is 2. The van der Waals surface area contributed by atoms with E-state index >= 15 is 0 Å². The number of amides is 1. The van der Waals surface area contributed by atoms with Crippen LogP contribution in [0.2, 0.25) is 0 Å². The number of nitrogens with one attached hydrogen (secondary N) is 2. The van der Waals surface area contributed by atoms with Gasteiger partial charge in [-0.25, -0.2) is 0 Å². The monoisotopic (exact) mass is 368 g/mol. The number of carbonyl (C=O) groups is 1. The number of morpholine rings is 1. The van der Waals surface area contributed by atoms with Crippen molar-refractivity contribution in [2.24, 2.45) is 0 Å². The summed E-state index contributed by atoms with van der Waals surface area (Å²) in [6, 6.07) is 4.47. The van der Waals surface area contributed by atoms with Gasteiger partial charge in [0.1, 0.15) is 11.8 Å². The van der Waals surface area contributed by atoms with Gasteiger partial charge in [0.25, 0.3) is 0 Å². The molecule has 1 atom stereocenters. The van der Waals surface area contributed by atoms with E-state index in [0.29, 0.717) is 18.7 Å². The Hall–Kier alpha value is -1.51. The Bertz CT molecular complexity index is 549. The van der Waals surface area contributed by atoms with Crippen LogP contribution in [0.15, 0.2) is 18.2 Å². The summed E-state index contributed by atoms with van der Waals surface area (Å²) in [6.07, 6.45) is -4.41. The molecule has 1 aliphatic heterocycles. The van der Waals surface area contributed by atoms with Crippen molar-refractivity contribution in [1.29, 1.82) is 0 Å². The first-order valence-electron chi connectivity index (χ1n) is 7.23. The molecule has 1 aromatic carbocycles. The fourth-order valence-corrected chi connectivity index (χ4v) is 2.14. The summed E-state index contributed by atoms with van der Waals surface area (Å²) in [7, 11) is 0. The van der Waals surface area contributed by atoms with Crippen LogP contribution in [0, 0.1) is 6.92 Å². The second-order valence-corrected chi connectivity index (χ2v) is 5.31. The van der Waals surface area contributed by atoms with Gasteiger partial charge in [-0.15, -0.1) is 12.4 Å². The summed E-state index contributed by atoms with van der Waals surface area (Å²) >= 11 is 0. The molecule has 0 spiro atoms. The van der Waals surface area contributed by atoms with Gasteiger partial charge >= 0.3 is 6.18 Å². The molecule has 1 heterocycles. The molecule has 0 radical (unpaired) electrons. The van der Waals surface area contributed by atoms with Crippen LogP contribution in [0.1, 0.15) is 11.1 Å². The highest BCUT2D eigenvalue weighted by Crippen LogP contribution is 2.23. The normalized spacial score (nSPS) is 17.8. The number of hydrogen-bond acceptors (Lipinski definition) is 4. The summed E-state index contributed by atoms with van der Waals surface area (Å²) in [5.41, 5.74) is 1.27. The molecule has 1 amide bonds. The van der Waals surface area contributed by atoms with E-state index in [1.807, 2.05) is 0 Å². The Kier molecular flexibility index (Phi) is 7.78. The van der Waals surface area contributed by atoms with Crippen LogP contribution in [0.25, 0.3) is 0 Å². The van der Waals surface area contributed by atoms with Crippen LogP contribution < -0.4 is 15.4 Å². The van der Waals surface area contributed by atoms with Gasteiger partial charge < -0.3 is 20.1 Å². The first kappa shape index (κ1) is 20.5. The molecule has 0 aliphatic carbocycles. The third kappa shape index (κ3) is 6.54. The molecule has 0 aromatic heterocycles. The summed E-state index contributed by atoms with van der Waals surface area (Å²) < 4.78 is 47.0. The minimum atomic E-state index is -4.41. The lowest BCUT2D eigenvalue weighted by atomic mass is 10.1. The Morgan fingerprint density at radius 1 is 1.46 bits per heavy atom. The lowest BCUT2D eigenvalue weighted by Gasteiger charge is -2.23. The van der Waals surface area contributed by atoms with Crippen LogP contribution >= 0.6 is 12.4 Å². The smallest absolute Gasteiger partial charge is 0.422 e. The highest BCUT2D eigenvalue weighted by Gasteiger charge is 2.29. The third-order valence-corrected chi connectivity index (χ3v) is 3.31. The number of rotatable bonds is 5. The Morgan fingerprint density at radius 2 is 2.21 bits per heavy atom. The van der Waals surface area contributed by atoms with Crippen molar-refractivity contribution in [3.05, 3.63) is 29.3 Å². The fourth-order valence-electron chi connectivity index (χ4n) is 2.14. The number of benzene rings is 1. The van der Waals surface area contributed by atoms with E-state index in [-0.39, 0.29) is 37.2 Å². The van der Waals surface area contributed by atoms with Gasteiger partial charge in [0.05, 0.1) is 13.2 Å². The zero-order valence-electron chi connectivity index (χ0n) is 13.1. The van der Waals surface area contributed by atoms with Gasteiger partial charge in [-0.05, 0) is 18.6 Å². The van der Waals surface area contributed by atoms with Crippen LogP contribution in [0.3, 0.4) is 0 Å². The van der Waals surface area contributed by atoms with Crippen molar-refractivity contribution in [3.8, 4) is 5.75 Å². The van der Waals surface area contributed by atoms with E-state index in [4.69, 9.17) is 9.47 Å². The molecule has 1 aromatic rings. The number of hydrogen-bond donors (Lipinski definition) is 2. The zero-order valence-corrected chi connectivity index (χ0v) is 13.9. The first-order valence-corrected chi connectivity index (χ1v) is 7.23. The summed E-state index contributed by atoms with van der Waals surface area (Å²) in [6.45, 7) is 1.89. The number of alkyl halides is 3. The van der Waals surface area contributed by atoms with Crippen molar-refractivity contribution in [2.45, 2.75) is 25.7 Å². The number of carbonyl (C=O) groups excluding carboxylic acids is 1. The minimum absolute atomic E-state index is 0. The Morgan fingerprint density at radius 3 is 2.83 bits per heavy atom. The minimum Gasteiger partial charge on any atom is -0.484 e. The summed E-state index contributed by atoms with van der Waals surface area (Å²) in [4.78, 5) is 12.0.